The Morgan fingerprint density at radius 1 is 1.65 bits per heavy atom. The van der Waals surface area contributed by atoms with E-state index in [9.17, 15) is 4.79 Å². The third-order valence-electron chi connectivity index (χ3n) is 2.59. The van der Waals surface area contributed by atoms with Crippen molar-refractivity contribution in [2.24, 2.45) is 0 Å². The molecule has 0 saturated carbocycles. The van der Waals surface area contributed by atoms with Gasteiger partial charge in [-0.3, -0.25) is 9.88 Å². The van der Waals surface area contributed by atoms with Crippen LogP contribution in [-0.2, 0) is 11.3 Å². The standard InChI is InChI=1S/C12H12N2O2S/c1-4-16-12(15)14-6-9-10(11(14)17)7(2)5-8(3)13-9/h4-5H,1,6H2,2-3H3. The Bertz CT molecular complexity index is 525. The maximum absolute atomic E-state index is 11.6. The lowest BCUT2D eigenvalue weighted by atomic mass is 10.1. The van der Waals surface area contributed by atoms with Crippen molar-refractivity contribution in [3.05, 3.63) is 41.4 Å². The molecular weight excluding hydrogens is 236 g/mol. The summed E-state index contributed by atoms with van der Waals surface area (Å²) >= 11 is 5.27. The summed E-state index contributed by atoms with van der Waals surface area (Å²) in [5, 5.41) is 0. The summed E-state index contributed by atoms with van der Waals surface area (Å²) in [6, 6.07) is 1.95. The highest BCUT2D eigenvalue weighted by atomic mass is 32.1. The van der Waals surface area contributed by atoms with Crippen LogP contribution >= 0.6 is 12.2 Å². The van der Waals surface area contributed by atoms with Crippen molar-refractivity contribution < 1.29 is 9.53 Å². The van der Waals surface area contributed by atoms with Crippen LogP contribution in [0.4, 0.5) is 4.79 Å². The Kier molecular flexibility index (Phi) is 2.93. The van der Waals surface area contributed by atoms with Crippen LogP contribution < -0.4 is 0 Å². The van der Waals surface area contributed by atoms with Crippen LogP contribution in [0.25, 0.3) is 0 Å². The number of carbonyl (C=O) groups is 1. The van der Waals surface area contributed by atoms with Crippen molar-refractivity contribution in [3.8, 4) is 0 Å². The van der Waals surface area contributed by atoms with Crippen molar-refractivity contribution >= 4 is 23.3 Å². The van der Waals surface area contributed by atoms with Crippen molar-refractivity contribution in [2.45, 2.75) is 20.4 Å². The van der Waals surface area contributed by atoms with E-state index in [4.69, 9.17) is 17.0 Å². The summed E-state index contributed by atoms with van der Waals surface area (Å²) in [5.41, 5.74) is 3.65. The van der Waals surface area contributed by atoms with Gasteiger partial charge in [-0.2, -0.15) is 0 Å². The first-order chi connectivity index (χ1) is 8.04. The fourth-order valence-corrected chi connectivity index (χ4v) is 2.38. The maximum atomic E-state index is 11.6. The van der Waals surface area contributed by atoms with Gasteiger partial charge < -0.3 is 4.74 Å². The van der Waals surface area contributed by atoms with Gasteiger partial charge in [0.15, 0.2) is 0 Å². The summed E-state index contributed by atoms with van der Waals surface area (Å²) < 4.78 is 4.73. The normalized spacial score (nSPS) is 13.5. The molecule has 0 fully saturated rings. The molecule has 0 aliphatic carbocycles. The Hall–Kier alpha value is -1.75. The number of ether oxygens (including phenoxy) is 1. The predicted octanol–water partition coefficient (Wildman–Crippen LogP) is 2.47. The van der Waals surface area contributed by atoms with E-state index in [-0.39, 0.29) is 0 Å². The van der Waals surface area contributed by atoms with Crippen LogP contribution in [0, 0.1) is 13.8 Å². The number of aromatic nitrogens is 1. The van der Waals surface area contributed by atoms with Crippen LogP contribution in [0.5, 0.6) is 0 Å². The number of hydrogen-bond acceptors (Lipinski definition) is 4. The molecule has 0 unspecified atom stereocenters. The van der Waals surface area contributed by atoms with E-state index in [0.717, 1.165) is 28.8 Å². The number of pyridine rings is 1. The minimum absolute atomic E-state index is 0.364. The fourth-order valence-electron chi connectivity index (χ4n) is 1.96. The SMILES string of the molecule is C=COC(=O)N1Cc2nc(C)cc(C)c2C1=S. The van der Waals surface area contributed by atoms with Crippen molar-refractivity contribution in [1.82, 2.24) is 9.88 Å². The Morgan fingerprint density at radius 2 is 2.35 bits per heavy atom. The molecule has 0 bridgehead atoms. The molecule has 1 aromatic heterocycles. The van der Waals surface area contributed by atoms with Crippen molar-refractivity contribution in [2.75, 3.05) is 0 Å². The molecule has 0 N–H and O–H groups in total. The van der Waals surface area contributed by atoms with E-state index < -0.39 is 6.09 Å². The second-order valence-corrected chi connectivity index (χ2v) is 4.23. The van der Waals surface area contributed by atoms with E-state index in [0.29, 0.717) is 11.5 Å². The molecule has 1 aliphatic heterocycles. The molecule has 2 rings (SSSR count). The number of nitrogens with zero attached hydrogens (tertiary/aromatic N) is 2. The molecule has 0 aromatic carbocycles. The highest BCUT2D eigenvalue weighted by Gasteiger charge is 2.32. The third kappa shape index (κ3) is 1.93. The molecule has 0 spiro atoms. The van der Waals surface area contributed by atoms with E-state index in [1.807, 2.05) is 19.9 Å². The summed E-state index contributed by atoms with van der Waals surface area (Å²) in [4.78, 5) is 17.9. The van der Waals surface area contributed by atoms with Crippen LogP contribution in [0.1, 0.15) is 22.5 Å². The van der Waals surface area contributed by atoms with Gasteiger partial charge in [0.2, 0.25) is 0 Å². The molecule has 88 valence electrons. The average molecular weight is 248 g/mol. The molecule has 0 radical (unpaired) electrons. The molecule has 1 amide bonds. The zero-order chi connectivity index (χ0) is 12.6. The molecule has 1 aliphatic rings. The van der Waals surface area contributed by atoms with Gasteiger partial charge in [0.1, 0.15) is 4.99 Å². The highest BCUT2D eigenvalue weighted by molar-refractivity contribution is 7.80. The largest absolute Gasteiger partial charge is 0.420 e. The first-order valence-corrected chi connectivity index (χ1v) is 5.56. The maximum Gasteiger partial charge on any atom is 0.420 e. The quantitative estimate of drug-likeness (QED) is 0.565. The van der Waals surface area contributed by atoms with Gasteiger partial charge in [0.25, 0.3) is 0 Å². The van der Waals surface area contributed by atoms with Gasteiger partial charge in [0.05, 0.1) is 18.5 Å². The highest BCUT2D eigenvalue weighted by Crippen LogP contribution is 2.26. The Labute approximate surface area is 105 Å². The predicted molar refractivity (Wildman–Crippen MR) is 67.6 cm³/mol. The molecule has 0 saturated heterocycles. The lowest BCUT2D eigenvalue weighted by Crippen LogP contribution is -2.30. The van der Waals surface area contributed by atoms with E-state index >= 15 is 0 Å². The van der Waals surface area contributed by atoms with E-state index in [2.05, 4.69) is 11.6 Å². The minimum Gasteiger partial charge on any atom is -0.419 e. The molecule has 17 heavy (non-hydrogen) atoms. The molecular formula is C12H12N2O2S. The summed E-state index contributed by atoms with van der Waals surface area (Å²) in [5.74, 6) is 0. The van der Waals surface area contributed by atoms with Gasteiger partial charge >= 0.3 is 6.09 Å². The summed E-state index contributed by atoms with van der Waals surface area (Å²) in [7, 11) is 0. The third-order valence-corrected chi connectivity index (χ3v) is 3.02. The molecule has 0 atom stereocenters. The first kappa shape index (κ1) is 11.7. The topological polar surface area (TPSA) is 42.4 Å². The second kappa shape index (κ2) is 4.25. The minimum atomic E-state index is -0.514. The second-order valence-electron chi connectivity index (χ2n) is 3.84. The molecule has 1 aromatic rings. The Morgan fingerprint density at radius 3 is 3.00 bits per heavy atom. The van der Waals surface area contributed by atoms with Gasteiger partial charge in [-0.05, 0) is 25.5 Å². The first-order valence-electron chi connectivity index (χ1n) is 5.15. The monoisotopic (exact) mass is 248 g/mol. The lowest BCUT2D eigenvalue weighted by molar-refractivity contribution is 0.161. The Balaban J connectivity index is 2.39. The van der Waals surface area contributed by atoms with E-state index in [1.165, 1.54) is 4.90 Å². The lowest BCUT2D eigenvalue weighted by Gasteiger charge is -2.13. The average Bonchev–Trinajstić information content (AvgIpc) is 2.56. The van der Waals surface area contributed by atoms with Crippen molar-refractivity contribution in [3.63, 3.8) is 0 Å². The molecule has 4 nitrogen and oxygen atoms in total. The van der Waals surface area contributed by atoms with Crippen LogP contribution in [0.15, 0.2) is 18.9 Å². The van der Waals surface area contributed by atoms with Gasteiger partial charge in [-0.15, -0.1) is 0 Å². The van der Waals surface area contributed by atoms with Gasteiger partial charge in [-0.25, -0.2) is 4.79 Å². The number of fused-ring (bicyclic) bond motifs is 1. The number of amides is 1. The number of aryl methyl sites for hydroxylation is 2. The number of rotatable bonds is 1. The number of hydrogen-bond donors (Lipinski definition) is 0. The smallest absolute Gasteiger partial charge is 0.419 e. The fraction of sp³-hybridized carbons (Fsp3) is 0.250. The zero-order valence-electron chi connectivity index (χ0n) is 9.69. The zero-order valence-corrected chi connectivity index (χ0v) is 10.5. The van der Waals surface area contributed by atoms with Gasteiger partial charge in [0, 0.05) is 11.3 Å². The van der Waals surface area contributed by atoms with Crippen molar-refractivity contribution in [1.29, 1.82) is 0 Å². The van der Waals surface area contributed by atoms with Crippen LogP contribution in [-0.4, -0.2) is 21.0 Å². The summed E-state index contributed by atoms with van der Waals surface area (Å²) in [6.07, 6.45) is 0.583. The van der Waals surface area contributed by atoms with Crippen LogP contribution in [0.2, 0.25) is 0 Å². The number of thiocarbonyl (C=S) groups is 1. The molecule has 5 heteroatoms. The number of carbonyl (C=O) groups excluding carboxylic acids is 1. The molecule has 2 heterocycles. The van der Waals surface area contributed by atoms with E-state index in [1.54, 1.807) is 0 Å². The van der Waals surface area contributed by atoms with Gasteiger partial charge in [-0.1, -0.05) is 18.8 Å². The summed E-state index contributed by atoms with van der Waals surface area (Å²) in [6.45, 7) is 7.59. The van der Waals surface area contributed by atoms with Crippen LogP contribution in [0.3, 0.4) is 0 Å².